The van der Waals surface area contributed by atoms with Gasteiger partial charge in [-0.3, -0.25) is 4.68 Å². The van der Waals surface area contributed by atoms with E-state index in [2.05, 4.69) is 21.0 Å². The number of aromatic nitrogens is 2. The van der Waals surface area contributed by atoms with Gasteiger partial charge in [-0.05, 0) is 0 Å². The van der Waals surface area contributed by atoms with Crippen LogP contribution in [-0.2, 0) is 12.4 Å². The molecular formula is C6H7BrN2O2. The Morgan fingerprint density at radius 3 is 2.91 bits per heavy atom. The molecule has 0 aliphatic rings. The van der Waals surface area contributed by atoms with Crippen molar-refractivity contribution in [3.8, 4) is 0 Å². The van der Waals surface area contributed by atoms with Gasteiger partial charge in [-0.25, -0.2) is 4.79 Å². The molecule has 0 aromatic carbocycles. The van der Waals surface area contributed by atoms with Crippen LogP contribution >= 0.6 is 15.9 Å². The normalized spacial score (nSPS) is 10.0. The number of carboxylic acid groups (broad SMARTS) is 1. The fourth-order valence-electron chi connectivity index (χ4n) is 0.812. The molecule has 0 saturated carbocycles. The van der Waals surface area contributed by atoms with Gasteiger partial charge in [0.25, 0.3) is 0 Å². The van der Waals surface area contributed by atoms with E-state index in [9.17, 15) is 4.79 Å². The SMILES string of the molecule is Cn1cc(C(=O)O)c(CBr)n1. The molecule has 1 N–H and O–H groups in total. The number of aryl methyl sites for hydroxylation is 1. The summed E-state index contributed by atoms with van der Waals surface area (Å²) in [5, 5.41) is 13.0. The summed E-state index contributed by atoms with van der Waals surface area (Å²) in [6, 6.07) is 0. The van der Waals surface area contributed by atoms with Crippen LogP contribution in [0.15, 0.2) is 6.20 Å². The van der Waals surface area contributed by atoms with Crippen LogP contribution in [0.1, 0.15) is 16.1 Å². The van der Waals surface area contributed by atoms with E-state index >= 15 is 0 Å². The zero-order chi connectivity index (χ0) is 8.43. The van der Waals surface area contributed by atoms with Crippen LogP contribution < -0.4 is 0 Å². The molecule has 0 aliphatic carbocycles. The van der Waals surface area contributed by atoms with Crippen LogP contribution in [0.25, 0.3) is 0 Å². The molecule has 4 nitrogen and oxygen atoms in total. The van der Waals surface area contributed by atoms with Crippen LogP contribution in [0.5, 0.6) is 0 Å². The number of hydrogen-bond acceptors (Lipinski definition) is 2. The summed E-state index contributed by atoms with van der Waals surface area (Å²) in [6.07, 6.45) is 1.49. The van der Waals surface area contributed by atoms with Crippen molar-refractivity contribution in [3.05, 3.63) is 17.5 Å². The third-order valence-corrected chi connectivity index (χ3v) is 1.79. The lowest BCUT2D eigenvalue weighted by atomic mass is 10.3. The van der Waals surface area contributed by atoms with Gasteiger partial charge in [0.05, 0.1) is 5.69 Å². The smallest absolute Gasteiger partial charge is 0.339 e. The first-order valence-corrected chi connectivity index (χ1v) is 4.09. The molecule has 0 radical (unpaired) electrons. The summed E-state index contributed by atoms with van der Waals surface area (Å²) >= 11 is 3.15. The van der Waals surface area contributed by atoms with Crippen molar-refractivity contribution in [2.75, 3.05) is 0 Å². The lowest BCUT2D eigenvalue weighted by molar-refractivity contribution is 0.0696. The second-order valence-corrected chi connectivity index (χ2v) is 2.66. The van der Waals surface area contributed by atoms with Gasteiger partial charge in [-0.2, -0.15) is 5.10 Å². The Morgan fingerprint density at radius 1 is 1.91 bits per heavy atom. The number of carbonyl (C=O) groups is 1. The predicted molar refractivity (Wildman–Crippen MR) is 42.8 cm³/mol. The molecule has 0 saturated heterocycles. The highest BCUT2D eigenvalue weighted by Gasteiger charge is 2.12. The van der Waals surface area contributed by atoms with Gasteiger partial charge in [0.15, 0.2) is 0 Å². The van der Waals surface area contributed by atoms with Gasteiger partial charge >= 0.3 is 5.97 Å². The molecule has 0 atom stereocenters. The highest BCUT2D eigenvalue weighted by atomic mass is 79.9. The molecule has 0 fully saturated rings. The van der Waals surface area contributed by atoms with Gasteiger partial charge in [0.2, 0.25) is 0 Å². The monoisotopic (exact) mass is 218 g/mol. The molecule has 60 valence electrons. The van der Waals surface area contributed by atoms with Crippen LogP contribution in [0.3, 0.4) is 0 Å². The molecule has 0 unspecified atom stereocenters. The minimum atomic E-state index is -0.937. The lowest BCUT2D eigenvalue weighted by Gasteiger charge is -1.88. The minimum absolute atomic E-state index is 0.254. The zero-order valence-electron chi connectivity index (χ0n) is 5.91. The van der Waals surface area contributed by atoms with Gasteiger partial charge < -0.3 is 5.11 Å². The summed E-state index contributed by atoms with van der Waals surface area (Å²) in [5.74, 6) is -0.937. The van der Waals surface area contributed by atoms with E-state index in [-0.39, 0.29) is 5.56 Å². The summed E-state index contributed by atoms with van der Waals surface area (Å²) in [7, 11) is 1.69. The number of rotatable bonds is 2. The number of nitrogens with zero attached hydrogens (tertiary/aromatic N) is 2. The molecule has 0 bridgehead atoms. The van der Waals surface area contributed by atoms with Gasteiger partial charge in [-0.15, -0.1) is 0 Å². The molecule has 1 rings (SSSR count). The van der Waals surface area contributed by atoms with Gasteiger partial charge in [0, 0.05) is 18.6 Å². The van der Waals surface area contributed by atoms with Gasteiger partial charge in [0.1, 0.15) is 5.56 Å². The fourth-order valence-corrected chi connectivity index (χ4v) is 1.23. The van der Waals surface area contributed by atoms with Crippen molar-refractivity contribution in [2.45, 2.75) is 5.33 Å². The Bertz CT molecular complexity index is 282. The van der Waals surface area contributed by atoms with Gasteiger partial charge in [-0.1, -0.05) is 15.9 Å². The average Bonchev–Trinajstić information content (AvgIpc) is 2.30. The van der Waals surface area contributed by atoms with Crippen LogP contribution in [0.2, 0.25) is 0 Å². The number of halogens is 1. The van der Waals surface area contributed by atoms with E-state index in [4.69, 9.17) is 5.11 Å². The second kappa shape index (κ2) is 3.04. The molecule has 0 amide bonds. The highest BCUT2D eigenvalue weighted by molar-refractivity contribution is 9.08. The Morgan fingerprint density at radius 2 is 2.55 bits per heavy atom. The van der Waals surface area contributed by atoms with E-state index in [0.717, 1.165) is 0 Å². The standard InChI is InChI=1S/C6H7BrN2O2/c1-9-3-4(6(10)11)5(2-7)8-9/h3H,2H2,1H3,(H,10,11). The topological polar surface area (TPSA) is 55.1 Å². The molecule has 0 spiro atoms. The maximum absolute atomic E-state index is 10.5. The summed E-state index contributed by atoms with van der Waals surface area (Å²) in [5.41, 5.74) is 0.810. The number of carboxylic acids is 1. The first-order valence-electron chi connectivity index (χ1n) is 2.97. The molecule has 1 heterocycles. The number of hydrogen-bond donors (Lipinski definition) is 1. The maximum atomic E-state index is 10.5. The molecule has 0 aliphatic heterocycles. The van der Waals surface area contributed by atoms with E-state index in [0.29, 0.717) is 11.0 Å². The Hall–Kier alpha value is -0.840. The summed E-state index contributed by atoms with van der Waals surface area (Å²) in [6.45, 7) is 0. The molecule has 11 heavy (non-hydrogen) atoms. The lowest BCUT2D eigenvalue weighted by Crippen LogP contribution is -1.97. The fraction of sp³-hybridized carbons (Fsp3) is 0.333. The summed E-state index contributed by atoms with van der Waals surface area (Å²) < 4.78 is 1.49. The van der Waals surface area contributed by atoms with E-state index in [1.54, 1.807) is 7.05 Å². The van der Waals surface area contributed by atoms with Crippen molar-refractivity contribution in [1.82, 2.24) is 9.78 Å². The van der Waals surface area contributed by atoms with Crippen molar-refractivity contribution < 1.29 is 9.90 Å². The Kier molecular flexibility index (Phi) is 2.28. The van der Waals surface area contributed by atoms with Crippen LogP contribution in [-0.4, -0.2) is 20.9 Å². The van der Waals surface area contributed by atoms with Crippen molar-refractivity contribution in [2.24, 2.45) is 7.05 Å². The third kappa shape index (κ3) is 1.59. The largest absolute Gasteiger partial charge is 0.478 e. The third-order valence-electron chi connectivity index (χ3n) is 1.26. The zero-order valence-corrected chi connectivity index (χ0v) is 7.50. The Balaban J connectivity index is 3.12. The minimum Gasteiger partial charge on any atom is -0.478 e. The van der Waals surface area contributed by atoms with E-state index < -0.39 is 5.97 Å². The first-order chi connectivity index (χ1) is 5.15. The van der Waals surface area contributed by atoms with Crippen LogP contribution in [0, 0.1) is 0 Å². The number of alkyl halides is 1. The van der Waals surface area contributed by atoms with Crippen LogP contribution in [0.4, 0.5) is 0 Å². The second-order valence-electron chi connectivity index (χ2n) is 2.10. The first kappa shape index (κ1) is 8.26. The summed E-state index contributed by atoms with van der Waals surface area (Å²) in [4.78, 5) is 10.5. The molecule has 5 heteroatoms. The quantitative estimate of drug-likeness (QED) is 0.755. The number of aromatic carboxylic acids is 1. The molecular weight excluding hydrogens is 212 g/mol. The predicted octanol–water partition coefficient (Wildman–Crippen LogP) is 1.01. The van der Waals surface area contributed by atoms with E-state index in [1.807, 2.05) is 0 Å². The van der Waals surface area contributed by atoms with Crippen molar-refractivity contribution in [1.29, 1.82) is 0 Å². The van der Waals surface area contributed by atoms with Crippen molar-refractivity contribution in [3.63, 3.8) is 0 Å². The Labute approximate surface area is 72.0 Å². The van der Waals surface area contributed by atoms with E-state index in [1.165, 1.54) is 10.9 Å². The molecule has 1 aromatic heterocycles. The maximum Gasteiger partial charge on any atom is 0.339 e. The highest BCUT2D eigenvalue weighted by Crippen LogP contribution is 2.09. The van der Waals surface area contributed by atoms with Crippen molar-refractivity contribution >= 4 is 21.9 Å². The average molecular weight is 219 g/mol. The molecule has 1 aromatic rings.